The summed E-state index contributed by atoms with van der Waals surface area (Å²) < 4.78 is 26.7. The molecular formula is C13H22N2O2S. The molecule has 0 fully saturated rings. The van der Waals surface area contributed by atoms with Crippen LogP contribution in [0.15, 0.2) is 24.3 Å². The van der Waals surface area contributed by atoms with Crippen LogP contribution in [0, 0.1) is 6.92 Å². The van der Waals surface area contributed by atoms with Crippen molar-refractivity contribution in [1.29, 1.82) is 0 Å². The number of nitrogens with one attached hydrogen (secondary N) is 2. The highest BCUT2D eigenvalue weighted by molar-refractivity contribution is 7.93. The molecule has 0 aliphatic carbocycles. The van der Waals surface area contributed by atoms with E-state index in [9.17, 15) is 8.42 Å². The highest BCUT2D eigenvalue weighted by atomic mass is 32.2. The largest absolute Gasteiger partial charge is 0.315 e. The third-order valence-corrected chi connectivity index (χ3v) is 4.41. The smallest absolute Gasteiger partial charge is 0.236 e. The summed E-state index contributed by atoms with van der Waals surface area (Å²) in [6, 6.07) is 7.36. The van der Waals surface area contributed by atoms with Crippen LogP contribution in [0.4, 0.5) is 5.69 Å². The maximum atomic E-state index is 12.1. The van der Waals surface area contributed by atoms with Gasteiger partial charge in [0, 0.05) is 12.2 Å². The number of sulfonamides is 1. The first-order valence-corrected chi connectivity index (χ1v) is 7.79. The molecule has 2 N–H and O–H groups in total. The SMILES string of the molecule is CCCNCC(C)S(=O)(=O)Nc1cccc(C)c1. The van der Waals surface area contributed by atoms with Crippen LogP contribution < -0.4 is 10.0 Å². The van der Waals surface area contributed by atoms with Crippen molar-refractivity contribution in [2.75, 3.05) is 17.8 Å². The third-order valence-electron chi connectivity index (χ3n) is 2.67. The van der Waals surface area contributed by atoms with E-state index in [1.165, 1.54) is 0 Å². The van der Waals surface area contributed by atoms with Crippen molar-refractivity contribution in [2.24, 2.45) is 0 Å². The van der Waals surface area contributed by atoms with Crippen molar-refractivity contribution < 1.29 is 8.42 Å². The fourth-order valence-corrected chi connectivity index (χ4v) is 2.56. The Bertz CT molecular complexity index is 472. The second-order valence-corrected chi connectivity index (χ2v) is 6.63. The average molecular weight is 270 g/mol. The zero-order valence-electron chi connectivity index (χ0n) is 11.2. The molecule has 0 aliphatic rings. The van der Waals surface area contributed by atoms with Gasteiger partial charge in [-0.3, -0.25) is 4.72 Å². The Morgan fingerprint density at radius 1 is 1.33 bits per heavy atom. The molecule has 1 rings (SSSR count). The van der Waals surface area contributed by atoms with Crippen LogP contribution in [0.5, 0.6) is 0 Å². The van der Waals surface area contributed by atoms with Crippen LogP contribution >= 0.6 is 0 Å². The van der Waals surface area contributed by atoms with Gasteiger partial charge in [0.15, 0.2) is 0 Å². The molecule has 0 aromatic heterocycles. The summed E-state index contributed by atoms with van der Waals surface area (Å²) in [7, 11) is -3.32. The van der Waals surface area contributed by atoms with Gasteiger partial charge < -0.3 is 5.32 Å². The van der Waals surface area contributed by atoms with Crippen molar-refractivity contribution in [2.45, 2.75) is 32.4 Å². The third kappa shape index (κ3) is 4.66. The van der Waals surface area contributed by atoms with Gasteiger partial charge in [-0.05, 0) is 44.5 Å². The highest BCUT2D eigenvalue weighted by Gasteiger charge is 2.19. The van der Waals surface area contributed by atoms with Crippen LogP contribution in [0.1, 0.15) is 25.8 Å². The molecule has 102 valence electrons. The van der Waals surface area contributed by atoms with Crippen molar-refractivity contribution in [1.82, 2.24) is 5.32 Å². The zero-order valence-corrected chi connectivity index (χ0v) is 12.0. The lowest BCUT2D eigenvalue weighted by Crippen LogP contribution is -2.35. The van der Waals surface area contributed by atoms with Gasteiger partial charge in [-0.2, -0.15) is 0 Å². The molecule has 5 heteroatoms. The Hall–Kier alpha value is -1.07. The molecule has 0 bridgehead atoms. The second-order valence-electron chi connectivity index (χ2n) is 4.53. The number of hydrogen-bond donors (Lipinski definition) is 2. The summed E-state index contributed by atoms with van der Waals surface area (Å²) in [4.78, 5) is 0. The van der Waals surface area contributed by atoms with E-state index in [0.717, 1.165) is 18.5 Å². The first-order chi connectivity index (χ1) is 8.45. The predicted molar refractivity (Wildman–Crippen MR) is 76.3 cm³/mol. The number of anilines is 1. The van der Waals surface area contributed by atoms with Crippen molar-refractivity contribution in [3.63, 3.8) is 0 Å². The van der Waals surface area contributed by atoms with E-state index in [1.807, 2.05) is 25.1 Å². The lowest BCUT2D eigenvalue weighted by Gasteiger charge is -2.15. The van der Waals surface area contributed by atoms with Crippen LogP contribution in [0.25, 0.3) is 0 Å². The Balaban J connectivity index is 2.64. The molecule has 1 aromatic rings. The molecule has 0 spiro atoms. The van der Waals surface area contributed by atoms with Crippen LogP contribution in [0.2, 0.25) is 0 Å². The molecule has 0 saturated heterocycles. The van der Waals surface area contributed by atoms with Gasteiger partial charge in [0.05, 0.1) is 5.25 Å². The Morgan fingerprint density at radius 3 is 2.67 bits per heavy atom. The summed E-state index contributed by atoms with van der Waals surface area (Å²) in [5.41, 5.74) is 1.66. The first-order valence-electron chi connectivity index (χ1n) is 6.24. The topological polar surface area (TPSA) is 58.2 Å². The highest BCUT2D eigenvalue weighted by Crippen LogP contribution is 2.13. The van der Waals surface area contributed by atoms with E-state index < -0.39 is 15.3 Å². The van der Waals surface area contributed by atoms with Gasteiger partial charge in [-0.1, -0.05) is 19.1 Å². The van der Waals surface area contributed by atoms with Crippen LogP contribution in [0.3, 0.4) is 0 Å². The monoisotopic (exact) mass is 270 g/mol. The van der Waals surface area contributed by atoms with Crippen molar-refractivity contribution >= 4 is 15.7 Å². The molecule has 0 amide bonds. The fourth-order valence-electron chi connectivity index (χ4n) is 1.57. The maximum Gasteiger partial charge on any atom is 0.236 e. The molecule has 18 heavy (non-hydrogen) atoms. The van der Waals surface area contributed by atoms with Gasteiger partial charge >= 0.3 is 0 Å². The molecule has 0 radical (unpaired) electrons. The molecule has 0 aliphatic heterocycles. The summed E-state index contributed by atoms with van der Waals surface area (Å²) in [5.74, 6) is 0. The minimum Gasteiger partial charge on any atom is -0.315 e. The standard InChI is InChI=1S/C13H22N2O2S/c1-4-8-14-10-12(3)18(16,17)15-13-7-5-6-11(2)9-13/h5-7,9,12,14-15H,4,8,10H2,1-3H3. The van der Waals surface area contributed by atoms with E-state index >= 15 is 0 Å². The molecular weight excluding hydrogens is 248 g/mol. The lowest BCUT2D eigenvalue weighted by atomic mass is 10.2. The second kappa shape index (κ2) is 6.75. The van der Waals surface area contributed by atoms with E-state index in [2.05, 4.69) is 17.0 Å². The lowest BCUT2D eigenvalue weighted by molar-refractivity contribution is 0.576. The first kappa shape index (κ1) is 15.0. The summed E-state index contributed by atoms with van der Waals surface area (Å²) in [6.45, 7) is 7.00. The van der Waals surface area contributed by atoms with Gasteiger partial charge in [0.1, 0.15) is 0 Å². The Kier molecular flexibility index (Phi) is 5.62. The zero-order chi connectivity index (χ0) is 13.6. The van der Waals surface area contributed by atoms with Crippen LogP contribution in [-0.2, 0) is 10.0 Å². The Labute approximate surface area is 110 Å². The van der Waals surface area contributed by atoms with E-state index in [1.54, 1.807) is 13.0 Å². The van der Waals surface area contributed by atoms with Gasteiger partial charge in [0.2, 0.25) is 10.0 Å². The van der Waals surface area contributed by atoms with Crippen LogP contribution in [-0.4, -0.2) is 26.8 Å². The maximum absolute atomic E-state index is 12.1. The van der Waals surface area contributed by atoms with Crippen molar-refractivity contribution in [3.8, 4) is 0 Å². The molecule has 1 aromatic carbocycles. The number of benzene rings is 1. The molecule has 1 unspecified atom stereocenters. The minimum absolute atomic E-state index is 0.454. The quantitative estimate of drug-likeness (QED) is 0.746. The minimum atomic E-state index is -3.32. The van der Waals surface area contributed by atoms with E-state index in [-0.39, 0.29) is 0 Å². The predicted octanol–water partition coefficient (Wildman–Crippen LogP) is 2.12. The molecule has 0 heterocycles. The number of rotatable bonds is 7. The molecule has 1 atom stereocenters. The van der Waals surface area contributed by atoms with E-state index in [4.69, 9.17) is 0 Å². The fraction of sp³-hybridized carbons (Fsp3) is 0.538. The van der Waals surface area contributed by atoms with Gasteiger partial charge in [-0.25, -0.2) is 8.42 Å². The number of hydrogen-bond acceptors (Lipinski definition) is 3. The normalized spacial score (nSPS) is 13.3. The summed E-state index contributed by atoms with van der Waals surface area (Å²) in [6.07, 6.45) is 0.998. The van der Waals surface area contributed by atoms with Gasteiger partial charge in [-0.15, -0.1) is 0 Å². The number of aryl methyl sites for hydroxylation is 1. The van der Waals surface area contributed by atoms with Crippen molar-refractivity contribution in [3.05, 3.63) is 29.8 Å². The molecule has 4 nitrogen and oxygen atoms in total. The summed E-state index contributed by atoms with van der Waals surface area (Å²) >= 11 is 0. The average Bonchev–Trinajstić information content (AvgIpc) is 2.28. The molecule has 0 saturated carbocycles. The summed E-state index contributed by atoms with van der Waals surface area (Å²) in [5, 5.41) is 2.66. The van der Waals surface area contributed by atoms with E-state index in [0.29, 0.717) is 12.2 Å². The Morgan fingerprint density at radius 2 is 2.06 bits per heavy atom. The van der Waals surface area contributed by atoms with Gasteiger partial charge in [0.25, 0.3) is 0 Å².